The zero-order chi connectivity index (χ0) is 22.5. The molecular weight excluding hydrogens is 430 g/mol. The van der Waals surface area contributed by atoms with Crippen molar-refractivity contribution in [1.82, 2.24) is 14.1 Å². The van der Waals surface area contributed by atoms with Crippen LogP contribution in [0.2, 0.25) is 5.02 Å². The van der Waals surface area contributed by atoms with E-state index in [4.69, 9.17) is 16.3 Å². The molecule has 0 atom stereocenters. The van der Waals surface area contributed by atoms with Gasteiger partial charge < -0.3 is 14.4 Å². The fourth-order valence-corrected chi connectivity index (χ4v) is 4.05. The molecule has 0 spiro atoms. The van der Waals surface area contributed by atoms with Crippen LogP contribution in [0.3, 0.4) is 0 Å². The summed E-state index contributed by atoms with van der Waals surface area (Å²) in [6, 6.07) is 16.0. The van der Waals surface area contributed by atoms with Gasteiger partial charge in [0.15, 0.2) is 0 Å². The van der Waals surface area contributed by atoms with E-state index in [2.05, 4.69) is 4.98 Å². The second-order valence-corrected chi connectivity index (χ2v) is 8.48. The summed E-state index contributed by atoms with van der Waals surface area (Å²) < 4.78 is 9.07. The molecule has 5 rings (SSSR count). The number of pyridine rings is 1. The van der Waals surface area contributed by atoms with Gasteiger partial charge in [0, 0.05) is 24.3 Å². The van der Waals surface area contributed by atoms with Gasteiger partial charge in [-0.2, -0.15) is 0 Å². The highest BCUT2D eigenvalue weighted by Gasteiger charge is 2.55. The third-order valence-electron chi connectivity index (χ3n) is 5.94. The number of ether oxygens (including phenoxy) is 1. The zero-order valence-electron chi connectivity index (χ0n) is 17.3. The normalized spacial score (nSPS) is 14.4. The minimum absolute atomic E-state index is 0.232. The fourth-order valence-electron chi connectivity index (χ4n) is 3.93. The molecule has 32 heavy (non-hydrogen) atoms. The monoisotopic (exact) mass is 449 g/mol. The molecule has 0 radical (unpaired) electrons. The molecule has 2 heterocycles. The lowest BCUT2D eigenvalue weighted by atomic mass is 10.1. The molecule has 0 bridgehead atoms. The van der Waals surface area contributed by atoms with E-state index in [1.165, 1.54) is 10.6 Å². The van der Waals surface area contributed by atoms with Gasteiger partial charge in [-0.1, -0.05) is 23.7 Å². The first kappa shape index (κ1) is 20.3. The number of hydrogen-bond donors (Lipinski definition) is 1. The molecule has 4 aromatic rings. The van der Waals surface area contributed by atoms with Crippen molar-refractivity contribution < 1.29 is 14.6 Å². The topological polar surface area (TPSA) is 86.3 Å². The van der Waals surface area contributed by atoms with Crippen LogP contribution in [0.5, 0.6) is 5.75 Å². The highest BCUT2D eigenvalue weighted by atomic mass is 35.5. The third kappa shape index (κ3) is 3.44. The lowest BCUT2D eigenvalue weighted by Gasteiger charge is -2.11. The van der Waals surface area contributed by atoms with Crippen molar-refractivity contribution in [3.63, 3.8) is 0 Å². The maximum atomic E-state index is 12.7. The van der Waals surface area contributed by atoms with Gasteiger partial charge in [0.25, 0.3) is 5.56 Å². The molecule has 1 saturated carbocycles. The van der Waals surface area contributed by atoms with Gasteiger partial charge in [-0.3, -0.25) is 14.2 Å². The van der Waals surface area contributed by atoms with Gasteiger partial charge in [0.05, 0.1) is 16.7 Å². The van der Waals surface area contributed by atoms with Crippen LogP contribution in [-0.2, 0) is 23.9 Å². The number of fused-ring (bicyclic) bond motifs is 1. The number of imidazole rings is 1. The molecule has 2 aromatic carbocycles. The number of halogens is 1. The standard InChI is InChI=1S/C24H20ClN3O4/c1-27-20-12-17(6-7-19(20)26-22(27)24(9-10-24)23(30)31)28-11-8-18(13-21(28)29)32-14-15-2-4-16(25)5-3-15/h2-8,11-13H,9-10,14H2,1H3,(H,30,31). The first-order valence-corrected chi connectivity index (χ1v) is 10.6. The van der Waals surface area contributed by atoms with Crippen LogP contribution in [-0.4, -0.2) is 25.2 Å². The maximum Gasteiger partial charge on any atom is 0.317 e. The molecule has 0 aliphatic heterocycles. The van der Waals surface area contributed by atoms with Crippen LogP contribution < -0.4 is 10.3 Å². The average molecular weight is 450 g/mol. The Bertz CT molecular complexity index is 1400. The van der Waals surface area contributed by atoms with Crippen molar-refractivity contribution in [2.45, 2.75) is 24.9 Å². The predicted molar refractivity (Wildman–Crippen MR) is 121 cm³/mol. The maximum absolute atomic E-state index is 12.7. The zero-order valence-corrected chi connectivity index (χ0v) is 18.0. The molecule has 1 aliphatic carbocycles. The van der Waals surface area contributed by atoms with Crippen LogP contribution in [0, 0.1) is 0 Å². The van der Waals surface area contributed by atoms with E-state index in [0.29, 0.717) is 47.2 Å². The summed E-state index contributed by atoms with van der Waals surface area (Å²) >= 11 is 5.90. The van der Waals surface area contributed by atoms with Crippen molar-refractivity contribution in [2.24, 2.45) is 7.05 Å². The first-order chi connectivity index (χ1) is 15.4. The van der Waals surface area contributed by atoms with Gasteiger partial charge in [-0.15, -0.1) is 0 Å². The molecule has 1 aliphatic rings. The van der Waals surface area contributed by atoms with E-state index in [1.54, 1.807) is 30.5 Å². The van der Waals surface area contributed by atoms with E-state index >= 15 is 0 Å². The van der Waals surface area contributed by atoms with Crippen LogP contribution in [0.15, 0.2) is 65.6 Å². The molecule has 0 unspecified atom stereocenters. The van der Waals surface area contributed by atoms with Crippen LogP contribution in [0.25, 0.3) is 16.7 Å². The highest BCUT2D eigenvalue weighted by Crippen LogP contribution is 2.48. The Hall–Kier alpha value is -3.58. The number of benzene rings is 2. The van der Waals surface area contributed by atoms with E-state index in [1.807, 2.05) is 35.9 Å². The quantitative estimate of drug-likeness (QED) is 0.479. The van der Waals surface area contributed by atoms with Crippen molar-refractivity contribution in [1.29, 1.82) is 0 Å². The molecule has 8 heteroatoms. The summed E-state index contributed by atoms with van der Waals surface area (Å²) in [5.41, 5.74) is 1.97. The third-order valence-corrected chi connectivity index (χ3v) is 6.19. The molecule has 7 nitrogen and oxygen atoms in total. The minimum atomic E-state index is -0.895. The van der Waals surface area contributed by atoms with Gasteiger partial charge in [-0.25, -0.2) is 4.98 Å². The largest absolute Gasteiger partial charge is 0.489 e. The number of hydrogen-bond acceptors (Lipinski definition) is 4. The molecule has 0 saturated heterocycles. The van der Waals surface area contributed by atoms with E-state index in [0.717, 1.165) is 11.1 Å². The first-order valence-electron chi connectivity index (χ1n) is 10.2. The lowest BCUT2D eigenvalue weighted by Crippen LogP contribution is -2.23. The van der Waals surface area contributed by atoms with Gasteiger partial charge in [0.2, 0.25) is 0 Å². The number of carboxylic acids is 1. The Kier molecular flexibility index (Phi) is 4.78. The molecular formula is C24H20ClN3O4. The molecule has 2 aromatic heterocycles. The SMILES string of the molecule is Cn1c(C2(C(=O)O)CC2)nc2ccc(-n3ccc(OCc4ccc(Cl)cc4)cc3=O)cc21. The number of aryl methyl sites for hydroxylation is 1. The molecule has 1 N–H and O–H groups in total. The van der Waals surface area contributed by atoms with Crippen LogP contribution in [0.4, 0.5) is 0 Å². The number of nitrogens with zero attached hydrogens (tertiary/aromatic N) is 3. The van der Waals surface area contributed by atoms with Crippen molar-refractivity contribution in [3.05, 3.63) is 87.6 Å². The number of aromatic nitrogens is 3. The van der Waals surface area contributed by atoms with Gasteiger partial charge in [0.1, 0.15) is 23.6 Å². The summed E-state index contributed by atoms with van der Waals surface area (Å²) in [5, 5.41) is 10.3. The van der Waals surface area contributed by atoms with Gasteiger partial charge in [-0.05, 0) is 54.8 Å². The summed E-state index contributed by atoms with van der Waals surface area (Å²) in [6.07, 6.45) is 2.84. The fraction of sp³-hybridized carbons (Fsp3) is 0.208. The lowest BCUT2D eigenvalue weighted by molar-refractivity contribution is -0.140. The van der Waals surface area contributed by atoms with Crippen molar-refractivity contribution in [3.8, 4) is 11.4 Å². The minimum Gasteiger partial charge on any atom is -0.489 e. The highest BCUT2D eigenvalue weighted by molar-refractivity contribution is 6.30. The molecule has 1 fully saturated rings. The number of carboxylic acid groups (broad SMARTS) is 1. The second kappa shape index (κ2) is 7.53. The smallest absolute Gasteiger partial charge is 0.317 e. The second-order valence-electron chi connectivity index (χ2n) is 8.04. The Morgan fingerprint density at radius 3 is 2.56 bits per heavy atom. The Morgan fingerprint density at radius 1 is 1.16 bits per heavy atom. The van der Waals surface area contributed by atoms with Crippen LogP contribution in [0.1, 0.15) is 24.2 Å². The number of aliphatic carboxylic acids is 1. The van der Waals surface area contributed by atoms with E-state index in [-0.39, 0.29) is 5.56 Å². The van der Waals surface area contributed by atoms with E-state index in [9.17, 15) is 14.7 Å². The summed E-state index contributed by atoms with van der Waals surface area (Å²) in [7, 11) is 1.81. The Morgan fingerprint density at radius 2 is 1.91 bits per heavy atom. The van der Waals surface area contributed by atoms with Crippen molar-refractivity contribution >= 4 is 28.6 Å². The summed E-state index contributed by atoms with van der Waals surface area (Å²) in [4.78, 5) is 29.0. The number of rotatable bonds is 6. The predicted octanol–water partition coefficient (Wildman–Crippen LogP) is 4.07. The Labute approximate surface area is 188 Å². The summed E-state index contributed by atoms with van der Waals surface area (Å²) in [6.45, 7) is 0.329. The van der Waals surface area contributed by atoms with Crippen molar-refractivity contribution in [2.75, 3.05) is 0 Å². The average Bonchev–Trinajstić information content (AvgIpc) is 3.53. The molecule has 0 amide bonds. The van der Waals surface area contributed by atoms with Gasteiger partial charge >= 0.3 is 5.97 Å². The van der Waals surface area contributed by atoms with Crippen LogP contribution >= 0.6 is 11.6 Å². The van der Waals surface area contributed by atoms with E-state index < -0.39 is 11.4 Å². The Balaban J connectivity index is 1.42. The summed E-state index contributed by atoms with van der Waals surface area (Å²) in [5.74, 6) is 0.180. The number of carbonyl (C=O) groups is 1. The molecule has 162 valence electrons.